The highest BCUT2D eigenvalue weighted by atomic mass is 35.5. The predicted octanol–water partition coefficient (Wildman–Crippen LogP) is 4.16. The molecule has 0 saturated carbocycles. The van der Waals surface area contributed by atoms with Crippen molar-refractivity contribution in [2.24, 2.45) is 10.2 Å². The normalized spacial score (nSPS) is 10.8. The molecule has 2 aromatic carbocycles. The Balaban J connectivity index is 2.29. The number of carbonyl (C=O) groups is 1. The minimum absolute atomic E-state index is 0.220. The SMILES string of the molecule is O=C(O)c1cc(N=Nc2cccc(Cl)c2)ccc1O. The molecule has 0 aliphatic heterocycles. The van der Waals surface area contributed by atoms with Gasteiger partial charge in [0.1, 0.15) is 11.3 Å². The molecule has 2 N–H and O–H groups in total. The maximum Gasteiger partial charge on any atom is 0.339 e. The molecule has 0 saturated heterocycles. The molecule has 19 heavy (non-hydrogen) atoms. The monoisotopic (exact) mass is 276 g/mol. The Labute approximate surface area is 113 Å². The summed E-state index contributed by atoms with van der Waals surface area (Å²) in [5.41, 5.74) is 0.662. The van der Waals surface area contributed by atoms with E-state index in [2.05, 4.69) is 10.2 Å². The van der Waals surface area contributed by atoms with Gasteiger partial charge < -0.3 is 10.2 Å². The summed E-state index contributed by atoms with van der Waals surface area (Å²) in [5.74, 6) is -1.54. The molecule has 0 spiro atoms. The summed E-state index contributed by atoms with van der Waals surface area (Å²) in [7, 11) is 0. The molecule has 2 rings (SSSR count). The Morgan fingerprint density at radius 3 is 2.37 bits per heavy atom. The van der Waals surface area contributed by atoms with Crippen molar-refractivity contribution in [3.8, 4) is 5.75 Å². The number of aromatic carboxylic acids is 1. The molecule has 5 nitrogen and oxygen atoms in total. The van der Waals surface area contributed by atoms with Crippen LogP contribution in [0.1, 0.15) is 10.4 Å². The molecular weight excluding hydrogens is 268 g/mol. The third-order valence-corrected chi connectivity index (χ3v) is 2.53. The lowest BCUT2D eigenvalue weighted by Gasteiger charge is -1.99. The van der Waals surface area contributed by atoms with Gasteiger partial charge in [-0.05, 0) is 36.4 Å². The number of carboxylic acid groups (broad SMARTS) is 1. The summed E-state index contributed by atoms with van der Waals surface area (Å²) >= 11 is 5.80. The van der Waals surface area contributed by atoms with Crippen molar-refractivity contribution in [1.29, 1.82) is 0 Å². The first-order valence-electron chi connectivity index (χ1n) is 5.30. The highest BCUT2D eigenvalue weighted by molar-refractivity contribution is 6.30. The molecule has 0 aliphatic carbocycles. The first-order valence-corrected chi connectivity index (χ1v) is 5.67. The Bertz CT molecular complexity index is 656. The van der Waals surface area contributed by atoms with Crippen molar-refractivity contribution < 1.29 is 15.0 Å². The lowest BCUT2D eigenvalue weighted by Crippen LogP contribution is -1.95. The molecule has 96 valence electrons. The van der Waals surface area contributed by atoms with E-state index >= 15 is 0 Å². The predicted molar refractivity (Wildman–Crippen MR) is 70.7 cm³/mol. The van der Waals surface area contributed by atoms with E-state index in [9.17, 15) is 9.90 Å². The second-order valence-electron chi connectivity index (χ2n) is 3.69. The van der Waals surface area contributed by atoms with Crippen molar-refractivity contribution in [3.05, 3.63) is 53.1 Å². The van der Waals surface area contributed by atoms with Gasteiger partial charge in [-0.15, -0.1) is 0 Å². The molecular formula is C13H9ClN2O3. The van der Waals surface area contributed by atoms with Crippen LogP contribution in [0.3, 0.4) is 0 Å². The number of rotatable bonds is 3. The maximum absolute atomic E-state index is 10.8. The highest BCUT2D eigenvalue weighted by Gasteiger charge is 2.09. The van der Waals surface area contributed by atoms with Crippen molar-refractivity contribution in [3.63, 3.8) is 0 Å². The summed E-state index contributed by atoms with van der Waals surface area (Å²) in [4.78, 5) is 10.8. The molecule has 0 atom stereocenters. The quantitative estimate of drug-likeness (QED) is 0.826. The highest BCUT2D eigenvalue weighted by Crippen LogP contribution is 2.25. The van der Waals surface area contributed by atoms with Gasteiger partial charge in [0, 0.05) is 5.02 Å². The van der Waals surface area contributed by atoms with Gasteiger partial charge in [-0.2, -0.15) is 10.2 Å². The van der Waals surface area contributed by atoms with Crippen molar-refractivity contribution in [1.82, 2.24) is 0 Å². The smallest absolute Gasteiger partial charge is 0.339 e. The van der Waals surface area contributed by atoms with Crippen LogP contribution in [-0.4, -0.2) is 16.2 Å². The van der Waals surface area contributed by atoms with Gasteiger partial charge in [0.15, 0.2) is 0 Å². The van der Waals surface area contributed by atoms with Crippen LogP contribution in [0.15, 0.2) is 52.7 Å². The first-order chi connectivity index (χ1) is 9.06. The lowest BCUT2D eigenvalue weighted by atomic mass is 10.2. The van der Waals surface area contributed by atoms with E-state index in [-0.39, 0.29) is 11.3 Å². The Morgan fingerprint density at radius 1 is 1.05 bits per heavy atom. The minimum Gasteiger partial charge on any atom is -0.507 e. The molecule has 0 heterocycles. The average Bonchev–Trinajstić information content (AvgIpc) is 2.37. The molecule has 0 amide bonds. The van der Waals surface area contributed by atoms with Gasteiger partial charge >= 0.3 is 5.97 Å². The fourth-order valence-corrected chi connectivity index (χ4v) is 1.60. The van der Waals surface area contributed by atoms with Crippen LogP contribution >= 0.6 is 11.6 Å². The second-order valence-corrected chi connectivity index (χ2v) is 4.12. The van der Waals surface area contributed by atoms with Gasteiger partial charge in [0.05, 0.1) is 11.4 Å². The number of halogens is 1. The second kappa shape index (κ2) is 5.49. The topological polar surface area (TPSA) is 82.2 Å². The molecule has 0 fully saturated rings. The van der Waals surface area contributed by atoms with E-state index in [0.717, 1.165) is 0 Å². The van der Waals surface area contributed by atoms with Gasteiger partial charge in [-0.25, -0.2) is 4.79 Å². The number of aromatic hydroxyl groups is 1. The van der Waals surface area contributed by atoms with E-state index in [0.29, 0.717) is 16.4 Å². The molecule has 0 aliphatic rings. The number of carboxylic acids is 1. The molecule has 0 bridgehead atoms. The number of benzene rings is 2. The summed E-state index contributed by atoms with van der Waals surface area (Å²) in [6.07, 6.45) is 0. The molecule has 6 heteroatoms. The van der Waals surface area contributed by atoms with Gasteiger partial charge in [-0.3, -0.25) is 0 Å². The van der Waals surface area contributed by atoms with Crippen molar-refractivity contribution >= 4 is 28.9 Å². The third-order valence-electron chi connectivity index (χ3n) is 2.30. The van der Waals surface area contributed by atoms with Gasteiger partial charge in [-0.1, -0.05) is 17.7 Å². The van der Waals surface area contributed by atoms with Crippen molar-refractivity contribution in [2.75, 3.05) is 0 Å². The standard InChI is InChI=1S/C13H9ClN2O3/c14-8-2-1-3-9(6-8)15-16-10-4-5-12(17)11(7-10)13(18)19/h1-7,17H,(H,18,19). The summed E-state index contributed by atoms with van der Waals surface area (Å²) in [6.45, 7) is 0. The van der Waals surface area contributed by atoms with E-state index in [1.165, 1.54) is 18.2 Å². The Kier molecular flexibility index (Phi) is 3.77. The first kappa shape index (κ1) is 13.0. The number of nitrogens with zero attached hydrogens (tertiary/aromatic N) is 2. The minimum atomic E-state index is -1.22. The summed E-state index contributed by atoms with van der Waals surface area (Å²) in [6, 6.07) is 10.8. The number of phenols is 1. The fourth-order valence-electron chi connectivity index (χ4n) is 1.41. The molecule has 0 unspecified atom stereocenters. The molecule has 0 radical (unpaired) electrons. The van der Waals surface area contributed by atoms with Crippen LogP contribution in [0.4, 0.5) is 11.4 Å². The largest absolute Gasteiger partial charge is 0.507 e. The maximum atomic E-state index is 10.8. The van der Waals surface area contributed by atoms with E-state index in [1.54, 1.807) is 24.3 Å². The fraction of sp³-hybridized carbons (Fsp3) is 0. The molecule has 2 aromatic rings. The zero-order chi connectivity index (χ0) is 13.8. The van der Waals surface area contributed by atoms with Gasteiger partial charge in [0.2, 0.25) is 0 Å². The summed E-state index contributed by atoms with van der Waals surface area (Å²) < 4.78 is 0. The molecule has 0 aromatic heterocycles. The zero-order valence-electron chi connectivity index (χ0n) is 9.62. The van der Waals surface area contributed by atoms with Crippen LogP contribution in [-0.2, 0) is 0 Å². The lowest BCUT2D eigenvalue weighted by molar-refractivity contribution is 0.0694. The number of azo groups is 1. The van der Waals surface area contributed by atoms with E-state index < -0.39 is 5.97 Å². The number of hydrogen-bond acceptors (Lipinski definition) is 4. The van der Waals surface area contributed by atoms with E-state index in [1.807, 2.05) is 0 Å². The van der Waals surface area contributed by atoms with Gasteiger partial charge in [0.25, 0.3) is 0 Å². The Hall–Kier alpha value is -2.40. The van der Waals surface area contributed by atoms with Crippen LogP contribution in [0.5, 0.6) is 5.75 Å². The third kappa shape index (κ3) is 3.29. The van der Waals surface area contributed by atoms with Crippen LogP contribution in [0.25, 0.3) is 0 Å². The summed E-state index contributed by atoms with van der Waals surface area (Å²) in [5, 5.41) is 26.6. The van der Waals surface area contributed by atoms with E-state index in [4.69, 9.17) is 16.7 Å². The van der Waals surface area contributed by atoms with Crippen LogP contribution in [0.2, 0.25) is 5.02 Å². The van der Waals surface area contributed by atoms with Crippen molar-refractivity contribution in [2.45, 2.75) is 0 Å². The number of hydrogen-bond donors (Lipinski definition) is 2. The van der Waals surface area contributed by atoms with Crippen LogP contribution < -0.4 is 0 Å². The van der Waals surface area contributed by atoms with Crippen LogP contribution in [0, 0.1) is 0 Å². The Morgan fingerprint density at radius 2 is 1.74 bits per heavy atom. The average molecular weight is 277 g/mol. The zero-order valence-corrected chi connectivity index (χ0v) is 10.4.